The third-order valence-electron chi connectivity index (χ3n) is 1.00. The highest BCUT2D eigenvalue weighted by Gasteiger charge is 1.75. The average molecular weight is 159 g/mol. The number of allylic oxidation sites excluding steroid dienone is 2. The molecule has 70 valence electrons. The number of hydrogen-bond acceptors (Lipinski definition) is 1. The van der Waals surface area contributed by atoms with E-state index < -0.39 is 0 Å². The first-order valence-electron chi connectivity index (χ1n) is 4.24. The van der Waals surface area contributed by atoms with E-state index in [-0.39, 0.29) is 0 Å². The molecule has 0 radical (unpaired) electrons. The average Bonchev–Trinajstić information content (AvgIpc) is 1.93. The van der Waals surface area contributed by atoms with Gasteiger partial charge in [0.05, 0.1) is 0 Å². The molecule has 0 aromatic carbocycles. The van der Waals surface area contributed by atoms with E-state index >= 15 is 0 Å². The summed E-state index contributed by atoms with van der Waals surface area (Å²) in [6.45, 7) is 12.7. The van der Waals surface area contributed by atoms with Crippen molar-refractivity contribution in [1.29, 1.82) is 0 Å². The molecule has 0 amide bonds. The van der Waals surface area contributed by atoms with Crippen LogP contribution in [-0.2, 0) is 0 Å². The maximum absolute atomic E-state index is 4.50. The first-order chi connectivity index (χ1) is 5.06. The first kappa shape index (κ1) is 17.0. The van der Waals surface area contributed by atoms with Crippen molar-refractivity contribution in [3.8, 4) is 0 Å². The van der Waals surface area contributed by atoms with E-state index in [0.717, 1.165) is 0 Å². The Morgan fingerprint density at radius 1 is 0.818 bits per heavy atom. The lowest BCUT2D eigenvalue weighted by Crippen LogP contribution is -1.69. The maximum atomic E-state index is 4.50. The van der Waals surface area contributed by atoms with E-state index in [1.807, 2.05) is 0 Å². The topological polar surface area (TPSA) is 26.0 Å². The lowest BCUT2D eigenvalue weighted by Gasteiger charge is -1.88. The van der Waals surface area contributed by atoms with Gasteiger partial charge in [-0.2, -0.15) is 0 Å². The van der Waals surface area contributed by atoms with Gasteiger partial charge in [0.25, 0.3) is 0 Å². The molecule has 0 saturated carbocycles. The predicted molar refractivity (Wildman–Crippen MR) is 55.8 cm³/mol. The second-order valence-corrected chi connectivity index (χ2v) is 2.71. The lowest BCUT2D eigenvalue weighted by molar-refractivity contribution is 1.09. The van der Waals surface area contributed by atoms with Gasteiger partial charge in [-0.1, -0.05) is 31.4 Å². The molecular formula is C10H25N. The second-order valence-electron chi connectivity index (χ2n) is 2.71. The summed E-state index contributed by atoms with van der Waals surface area (Å²) in [6.07, 6.45) is 1.25. The third-order valence-corrected chi connectivity index (χ3v) is 1.00. The molecule has 0 spiro atoms. The zero-order valence-corrected chi connectivity index (χ0v) is 9.28. The van der Waals surface area contributed by atoms with Gasteiger partial charge in [-0.05, 0) is 34.7 Å². The first-order valence-corrected chi connectivity index (χ1v) is 4.24. The third kappa shape index (κ3) is 42.0. The van der Waals surface area contributed by atoms with E-state index in [0.29, 0.717) is 0 Å². The molecule has 0 heterocycles. The van der Waals surface area contributed by atoms with Gasteiger partial charge in [0.1, 0.15) is 0 Å². The Balaban J connectivity index is -0.000000109. The van der Waals surface area contributed by atoms with Crippen LogP contribution in [0.25, 0.3) is 0 Å². The second kappa shape index (κ2) is 16.4. The van der Waals surface area contributed by atoms with E-state index in [9.17, 15) is 0 Å². The summed E-state index contributed by atoms with van der Waals surface area (Å²) in [7, 11) is 1.50. The van der Waals surface area contributed by atoms with Crippen LogP contribution in [0, 0.1) is 0 Å². The molecule has 0 atom stereocenters. The Hall–Kier alpha value is -0.300. The SMILES string of the molecule is CC(C)=C(C)C.CCC.CN. The monoisotopic (exact) mass is 159 g/mol. The van der Waals surface area contributed by atoms with Crippen molar-refractivity contribution in [1.82, 2.24) is 0 Å². The minimum absolute atomic E-state index is 1.25. The van der Waals surface area contributed by atoms with Crippen LogP contribution in [-0.4, -0.2) is 7.05 Å². The van der Waals surface area contributed by atoms with Gasteiger partial charge in [0, 0.05) is 0 Å². The van der Waals surface area contributed by atoms with E-state index in [1.54, 1.807) is 0 Å². The van der Waals surface area contributed by atoms with Crippen LogP contribution in [0.1, 0.15) is 48.0 Å². The quantitative estimate of drug-likeness (QED) is 0.539. The molecule has 0 aromatic rings. The van der Waals surface area contributed by atoms with Gasteiger partial charge < -0.3 is 5.73 Å². The Morgan fingerprint density at radius 3 is 0.909 bits per heavy atom. The molecule has 2 N–H and O–H groups in total. The normalized spacial score (nSPS) is 6.55. The molecule has 0 aliphatic heterocycles. The zero-order chi connectivity index (χ0) is 9.86. The van der Waals surface area contributed by atoms with Crippen molar-refractivity contribution >= 4 is 0 Å². The van der Waals surface area contributed by atoms with E-state index in [2.05, 4.69) is 47.3 Å². The summed E-state index contributed by atoms with van der Waals surface area (Å²) in [5.74, 6) is 0. The van der Waals surface area contributed by atoms with Gasteiger partial charge in [-0.3, -0.25) is 0 Å². The Labute approximate surface area is 72.7 Å². The number of rotatable bonds is 0. The summed E-state index contributed by atoms with van der Waals surface area (Å²) < 4.78 is 0. The Bertz CT molecular complexity index is 64.9. The van der Waals surface area contributed by atoms with Crippen molar-refractivity contribution in [3.63, 3.8) is 0 Å². The Kier molecular flexibility index (Phi) is 25.2. The van der Waals surface area contributed by atoms with Crippen molar-refractivity contribution < 1.29 is 0 Å². The molecule has 0 unspecified atom stereocenters. The molecule has 0 fully saturated rings. The Morgan fingerprint density at radius 2 is 0.909 bits per heavy atom. The summed E-state index contributed by atoms with van der Waals surface area (Å²) >= 11 is 0. The molecule has 0 aliphatic carbocycles. The molecular weight excluding hydrogens is 134 g/mol. The van der Waals surface area contributed by atoms with Gasteiger partial charge in [0.15, 0.2) is 0 Å². The molecule has 1 nitrogen and oxygen atoms in total. The van der Waals surface area contributed by atoms with Crippen molar-refractivity contribution in [3.05, 3.63) is 11.1 Å². The van der Waals surface area contributed by atoms with Crippen LogP contribution < -0.4 is 5.73 Å². The number of hydrogen-bond donors (Lipinski definition) is 1. The fraction of sp³-hybridized carbons (Fsp3) is 0.800. The molecule has 0 rings (SSSR count). The van der Waals surface area contributed by atoms with Gasteiger partial charge in [-0.25, -0.2) is 0 Å². The predicted octanol–water partition coefficient (Wildman–Crippen LogP) is 3.35. The molecule has 0 aliphatic rings. The number of nitrogens with two attached hydrogens (primary N) is 1. The van der Waals surface area contributed by atoms with E-state index in [4.69, 9.17) is 0 Å². The maximum Gasteiger partial charge on any atom is -0.0195 e. The van der Waals surface area contributed by atoms with Crippen LogP contribution in [0.3, 0.4) is 0 Å². The van der Waals surface area contributed by atoms with Crippen LogP contribution in [0.4, 0.5) is 0 Å². The molecule has 0 saturated heterocycles. The lowest BCUT2D eigenvalue weighted by atomic mass is 10.2. The summed E-state index contributed by atoms with van der Waals surface area (Å²) in [5.41, 5.74) is 7.35. The van der Waals surface area contributed by atoms with Gasteiger partial charge >= 0.3 is 0 Å². The summed E-state index contributed by atoms with van der Waals surface area (Å²) in [4.78, 5) is 0. The standard InChI is InChI=1S/C6H12.C3H8.CH5N/c1-5(2)6(3)4;1-3-2;1-2/h1-4H3;3H2,1-2H3;2H2,1H3. The highest BCUT2D eigenvalue weighted by atomic mass is 14.4. The highest BCUT2D eigenvalue weighted by Crippen LogP contribution is 1.96. The minimum Gasteiger partial charge on any atom is -0.333 e. The largest absolute Gasteiger partial charge is 0.333 e. The van der Waals surface area contributed by atoms with E-state index in [1.165, 1.54) is 24.6 Å². The van der Waals surface area contributed by atoms with Crippen molar-refractivity contribution in [2.45, 2.75) is 48.0 Å². The fourth-order valence-corrected chi connectivity index (χ4v) is 0. The summed E-state index contributed by atoms with van der Waals surface area (Å²) in [5, 5.41) is 0. The highest BCUT2D eigenvalue weighted by molar-refractivity contribution is 5.02. The smallest absolute Gasteiger partial charge is 0.0195 e. The summed E-state index contributed by atoms with van der Waals surface area (Å²) in [6, 6.07) is 0. The molecule has 0 bridgehead atoms. The molecule has 0 aromatic heterocycles. The van der Waals surface area contributed by atoms with Crippen molar-refractivity contribution in [2.24, 2.45) is 5.73 Å². The fourth-order valence-electron chi connectivity index (χ4n) is 0. The van der Waals surface area contributed by atoms with Crippen LogP contribution in [0.15, 0.2) is 11.1 Å². The minimum atomic E-state index is 1.25. The molecule has 1 heteroatoms. The van der Waals surface area contributed by atoms with Crippen LogP contribution in [0.2, 0.25) is 0 Å². The molecule has 11 heavy (non-hydrogen) atoms. The van der Waals surface area contributed by atoms with Crippen LogP contribution in [0.5, 0.6) is 0 Å². The van der Waals surface area contributed by atoms with Gasteiger partial charge in [0.2, 0.25) is 0 Å². The van der Waals surface area contributed by atoms with Crippen molar-refractivity contribution in [2.75, 3.05) is 7.05 Å². The van der Waals surface area contributed by atoms with Crippen LogP contribution >= 0.6 is 0 Å². The zero-order valence-electron chi connectivity index (χ0n) is 9.28. The van der Waals surface area contributed by atoms with Gasteiger partial charge in [-0.15, -0.1) is 0 Å².